The molecule has 40 heavy (non-hydrogen) atoms. The third-order valence-electron chi connectivity index (χ3n) is 7.16. The molecule has 1 aromatic carbocycles. The number of nitrogens with one attached hydrogen (secondary N) is 2. The summed E-state index contributed by atoms with van der Waals surface area (Å²) in [6.07, 6.45) is -0.503. The Morgan fingerprint density at radius 2 is 1.93 bits per heavy atom. The fourth-order valence-electron chi connectivity index (χ4n) is 5.20. The zero-order chi connectivity index (χ0) is 28.6. The number of fused-ring (bicyclic) bond motifs is 2. The summed E-state index contributed by atoms with van der Waals surface area (Å²) in [6, 6.07) is 4.13. The lowest BCUT2D eigenvalue weighted by atomic mass is 9.97. The molecule has 2 aliphatic rings. The van der Waals surface area contributed by atoms with Gasteiger partial charge in [-0.3, -0.25) is 4.79 Å². The average molecular weight is 642 g/mol. The van der Waals surface area contributed by atoms with Crippen LogP contribution in [0.4, 0.5) is 24.0 Å². The van der Waals surface area contributed by atoms with Crippen molar-refractivity contribution in [2.24, 2.45) is 0 Å². The smallest absolute Gasteiger partial charge is 0.410 e. The number of anilines is 2. The largest absolute Gasteiger partial charge is 0.497 e. The highest BCUT2D eigenvalue weighted by atomic mass is 79.9. The van der Waals surface area contributed by atoms with Crippen LogP contribution in [0.3, 0.4) is 0 Å². The molecule has 0 fully saturated rings. The zero-order valence-corrected chi connectivity index (χ0v) is 24.3. The minimum Gasteiger partial charge on any atom is -0.497 e. The molecule has 0 saturated carbocycles. The molecule has 2 N–H and O–H groups in total. The lowest BCUT2D eigenvalue weighted by molar-refractivity contribution is -0.173. The van der Waals surface area contributed by atoms with Crippen molar-refractivity contribution >= 4 is 50.0 Å². The first-order chi connectivity index (χ1) is 19.1. The molecule has 8 nitrogen and oxygen atoms in total. The number of aromatic nitrogens is 2. The van der Waals surface area contributed by atoms with Crippen LogP contribution in [0.1, 0.15) is 81.5 Å². The normalized spacial score (nSPS) is 18.6. The minimum absolute atomic E-state index is 0.0483. The van der Waals surface area contributed by atoms with Crippen LogP contribution in [-0.2, 0) is 17.6 Å². The van der Waals surface area contributed by atoms with Crippen LogP contribution in [0.2, 0.25) is 0 Å². The molecule has 214 valence electrons. The fraction of sp³-hybridized carbons (Fsp3) is 0.444. The molecule has 13 heteroatoms. The quantitative estimate of drug-likeness (QED) is 0.221. The van der Waals surface area contributed by atoms with Crippen LogP contribution >= 0.6 is 27.3 Å². The zero-order valence-electron chi connectivity index (χ0n) is 21.9. The van der Waals surface area contributed by atoms with Crippen LogP contribution in [0.25, 0.3) is 0 Å². The van der Waals surface area contributed by atoms with Crippen molar-refractivity contribution in [1.29, 1.82) is 0 Å². The van der Waals surface area contributed by atoms with E-state index in [1.54, 1.807) is 31.2 Å². The van der Waals surface area contributed by atoms with Gasteiger partial charge in [-0.2, -0.15) is 18.3 Å². The molecule has 0 radical (unpaired) electrons. The number of esters is 1. The Labute approximate surface area is 241 Å². The Morgan fingerprint density at radius 1 is 1.20 bits per heavy atom. The second-order valence-electron chi connectivity index (χ2n) is 9.66. The molecule has 3 heterocycles. The SMILES string of the molecule is CCOC(=O)c1c(NC(=O)c2nn3c(c2Br)N[C@H](c2ccc(OC)cc2)C[C@H]3C(F)(F)F)sc2c1CCCCC2. The van der Waals surface area contributed by atoms with Gasteiger partial charge >= 0.3 is 12.1 Å². The van der Waals surface area contributed by atoms with Crippen molar-refractivity contribution in [3.63, 3.8) is 0 Å². The minimum atomic E-state index is -4.61. The van der Waals surface area contributed by atoms with E-state index in [1.165, 1.54) is 18.4 Å². The number of hydrogen-bond donors (Lipinski definition) is 2. The standard InChI is InChI=1S/C27H28BrF3N4O4S/c1-3-39-26(37)20-16-7-5-4-6-8-18(16)40-25(20)33-24(36)22-21(28)23-32-17(14-9-11-15(38-2)12-10-14)13-19(27(29,30)31)35(23)34-22/h9-12,17,19,32H,3-8,13H2,1-2H3,(H,33,36)/t17-,19-/m0/s1. The van der Waals surface area contributed by atoms with Crippen LogP contribution in [0, 0.1) is 0 Å². The van der Waals surface area contributed by atoms with E-state index < -0.39 is 30.1 Å². The van der Waals surface area contributed by atoms with E-state index >= 15 is 0 Å². The second-order valence-corrected chi connectivity index (χ2v) is 11.6. The van der Waals surface area contributed by atoms with Crippen molar-refractivity contribution in [1.82, 2.24) is 9.78 Å². The molecule has 3 aromatic rings. The Balaban J connectivity index is 1.49. The number of ether oxygens (including phenoxy) is 2. The fourth-order valence-corrected chi connectivity index (χ4v) is 7.03. The number of benzene rings is 1. The number of hydrogen-bond acceptors (Lipinski definition) is 7. The molecule has 1 aliphatic heterocycles. The highest BCUT2D eigenvalue weighted by Gasteiger charge is 2.48. The summed E-state index contributed by atoms with van der Waals surface area (Å²) < 4.78 is 54.0. The summed E-state index contributed by atoms with van der Waals surface area (Å²) in [4.78, 5) is 27.4. The number of carbonyl (C=O) groups excluding carboxylic acids is 2. The summed E-state index contributed by atoms with van der Waals surface area (Å²) in [7, 11) is 1.51. The number of rotatable bonds is 6. The number of halogens is 4. The van der Waals surface area contributed by atoms with Gasteiger partial charge in [0, 0.05) is 11.3 Å². The number of nitrogens with zero attached hydrogens (tertiary/aromatic N) is 2. The Kier molecular flexibility index (Phi) is 8.14. The van der Waals surface area contributed by atoms with Gasteiger partial charge in [-0.05, 0) is 71.8 Å². The number of amides is 1. The number of methoxy groups -OCH3 is 1. The Hall–Kier alpha value is -3.06. The van der Waals surface area contributed by atoms with Gasteiger partial charge < -0.3 is 20.1 Å². The van der Waals surface area contributed by atoms with E-state index in [9.17, 15) is 22.8 Å². The maximum Gasteiger partial charge on any atom is 0.410 e. The van der Waals surface area contributed by atoms with E-state index in [1.807, 2.05) is 0 Å². The second kappa shape index (κ2) is 11.4. The van der Waals surface area contributed by atoms with Gasteiger partial charge in [-0.25, -0.2) is 9.48 Å². The van der Waals surface area contributed by atoms with Crippen molar-refractivity contribution in [2.45, 2.75) is 63.7 Å². The highest BCUT2D eigenvalue weighted by Crippen LogP contribution is 2.47. The molecule has 0 unspecified atom stereocenters. The lowest BCUT2D eigenvalue weighted by Crippen LogP contribution is -2.35. The molecule has 1 aliphatic carbocycles. The number of alkyl halides is 3. The van der Waals surface area contributed by atoms with Gasteiger partial charge in [-0.15, -0.1) is 11.3 Å². The van der Waals surface area contributed by atoms with E-state index in [-0.39, 0.29) is 29.0 Å². The molecule has 5 rings (SSSR count). The first kappa shape index (κ1) is 28.5. The molecular formula is C27H28BrF3N4O4S. The van der Waals surface area contributed by atoms with Gasteiger partial charge in [0.25, 0.3) is 5.91 Å². The molecule has 2 aromatic heterocycles. The molecule has 0 saturated heterocycles. The average Bonchev–Trinajstić information content (AvgIpc) is 3.34. The molecule has 0 spiro atoms. The lowest BCUT2D eigenvalue weighted by Gasteiger charge is -2.33. The Morgan fingerprint density at radius 3 is 2.60 bits per heavy atom. The predicted octanol–water partition coefficient (Wildman–Crippen LogP) is 7.07. The summed E-state index contributed by atoms with van der Waals surface area (Å²) in [5.41, 5.74) is 1.62. The number of aryl methyl sites for hydroxylation is 1. The molecule has 2 atom stereocenters. The number of carbonyl (C=O) groups is 2. The van der Waals surface area contributed by atoms with E-state index in [2.05, 4.69) is 31.7 Å². The van der Waals surface area contributed by atoms with Crippen LogP contribution in [0.5, 0.6) is 5.75 Å². The maximum absolute atomic E-state index is 14.2. The predicted molar refractivity (Wildman–Crippen MR) is 148 cm³/mol. The maximum atomic E-state index is 14.2. The van der Waals surface area contributed by atoms with Crippen molar-refractivity contribution in [2.75, 3.05) is 24.4 Å². The van der Waals surface area contributed by atoms with Gasteiger partial charge in [0.05, 0.1) is 29.8 Å². The van der Waals surface area contributed by atoms with Crippen LogP contribution in [-0.4, -0.2) is 41.5 Å². The summed E-state index contributed by atoms with van der Waals surface area (Å²) in [6.45, 7) is 1.88. The van der Waals surface area contributed by atoms with E-state index in [0.29, 0.717) is 28.3 Å². The third-order valence-corrected chi connectivity index (χ3v) is 9.12. The highest BCUT2D eigenvalue weighted by molar-refractivity contribution is 9.10. The Bertz CT molecular complexity index is 1420. The first-order valence-electron chi connectivity index (χ1n) is 13.0. The van der Waals surface area contributed by atoms with Crippen molar-refractivity contribution < 1.29 is 32.2 Å². The first-order valence-corrected chi connectivity index (χ1v) is 14.6. The molecule has 1 amide bonds. The molecule has 0 bridgehead atoms. The topological polar surface area (TPSA) is 94.5 Å². The van der Waals surface area contributed by atoms with Gasteiger partial charge in [0.2, 0.25) is 0 Å². The number of thiophene rings is 1. The van der Waals surface area contributed by atoms with Gasteiger partial charge in [0.1, 0.15) is 16.6 Å². The third kappa shape index (κ3) is 5.45. The van der Waals surface area contributed by atoms with Crippen LogP contribution in [0.15, 0.2) is 28.7 Å². The van der Waals surface area contributed by atoms with E-state index in [4.69, 9.17) is 9.47 Å². The van der Waals surface area contributed by atoms with Crippen molar-refractivity contribution in [3.8, 4) is 5.75 Å². The monoisotopic (exact) mass is 640 g/mol. The van der Waals surface area contributed by atoms with E-state index in [0.717, 1.165) is 40.8 Å². The van der Waals surface area contributed by atoms with Gasteiger partial charge in [-0.1, -0.05) is 18.6 Å². The summed E-state index contributed by atoms with van der Waals surface area (Å²) >= 11 is 4.64. The van der Waals surface area contributed by atoms with Crippen molar-refractivity contribution in [3.05, 3.63) is 56.0 Å². The summed E-state index contributed by atoms with van der Waals surface area (Å²) in [5, 5.41) is 10.3. The summed E-state index contributed by atoms with van der Waals surface area (Å²) in [5.74, 6) is -0.613. The van der Waals surface area contributed by atoms with Crippen LogP contribution < -0.4 is 15.4 Å². The van der Waals surface area contributed by atoms with Gasteiger partial charge in [0.15, 0.2) is 11.7 Å². The molecular weight excluding hydrogens is 613 g/mol.